The summed E-state index contributed by atoms with van der Waals surface area (Å²) < 4.78 is 5.33. The number of fused-ring (bicyclic) bond motifs is 1. The van der Waals surface area contributed by atoms with E-state index in [1.165, 1.54) is 18.9 Å². The van der Waals surface area contributed by atoms with Crippen LogP contribution in [-0.2, 0) is 6.54 Å². The number of para-hydroxylation sites is 1. The van der Waals surface area contributed by atoms with Gasteiger partial charge in [-0.05, 0) is 30.5 Å². The van der Waals surface area contributed by atoms with E-state index >= 15 is 0 Å². The predicted octanol–water partition coefficient (Wildman–Crippen LogP) is 5.99. The summed E-state index contributed by atoms with van der Waals surface area (Å²) in [5.74, 6) is 0.237. The zero-order chi connectivity index (χ0) is 20.7. The Balaban J connectivity index is 1.91. The molecular formula is C20H14Cl3N3O2S. The number of nitrogens with zero attached hydrogens (tertiary/aromatic N) is 3. The van der Waals surface area contributed by atoms with E-state index in [0.717, 1.165) is 0 Å². The fourth-order valence-corrected chi connectivity index (χ4v) is 4.35. The number of aromatic nitrogens is 2. The number of carbonyl (C=O) groups excluding carboxylic acids is 1. The summed E-state index contributed by atoms with van der Waals surface area (Å²) in [6.07, 6.45) is 1.85. The fourth-order valence-electron chi connectivity index (χ4n) is 3.19. The van der Waals surface area contributed by atoms with Gasteiger partial charge >= 0.3 is 0 Å². The summed E-state index contributed by atoms with van der Waals surface area (Å²) >= 11 is 20.3. The highest BCUT2D eigenvalue weighted by molar-refractivity contribution is 7.98. The van der Waals surface area contributed by atoms with Crippen molar-refractivity contribution in [3.63, 3.8) is 0 Å². The van der Waals surface area contributed by atoms with Crippen molar-refractivity contribution in [2.24, 2.45) is 0 Å². The van der Waals surface area contributed by atoms with Crippen LogP contribution in [0, 0.1) is 0 Å². The van der Waals surface area contributed by atoms with Crippen LogP contribution < -0.4 is 9.64 Å². The summed E-state index contributed by atoms with van der Waals surface area (Å²) in [4.78, 5) is 23.8. The van der Waals surface area contributed by atoms with Crippen molar-refractivity contribution in [2.75, 3.05) is 18.3 Å². The van der Waals surface area contributed by atoms with Crippen LogP contribution in [0.15, 0.2) is 41.6 Å². The molecule has 3 aromatic rings. The van der Waals surface area contributed by atoms with Crippen molar-refractivity contribution in [3.8, 4) is 17.0 Å². The lowest BCUT2D eigenvalue weighted by atomic mass is 10.1. The average molecular weight is 467 g/mol. The molecule has 1 aromatic heterocycles. The molecule has 0 N–H and O–H groups in total. The Hall–Kier alpha value is -1.99. The lowest BCUT2D eigenvalue weighted by Crippen LogP contribution is -2.23. The number of ether oxygens (including phenoxy) is 1. The van der Waals surface area contributed by atoms with Gasteiger partial charge in [-0.3, -0.25) is 4.79 Å². The van der Waals surface area contributed by atoms with Gasteiger partial charge in [0.15, 0.2) is 5.16 Å². The Bertz CT molecular complexity index is 1140. The average Bonchev–Trinajstić information content (AvgIpc) is 3.04. The van der Waals surface area contributed by atoms with Gasteiger partial charge in [-0.1, -0.05) is 58.7 Å². The molecule has 2 aromatic carbocycles. The molecule has 0 aliphatic carbocycles. The third-order valence-corrected chi connectivity index (χ3v) is 6.05. The second-order valence-electron chi connectivity index (χ2n) is 6.20. The topological polar surface area (TPSA) is 55.3 Å². The smallest absolute Gasteiger partial charge is 0.277 e. The second-order valence-corrected chi connectivity index (χ2v) is 8.19. The lowest BCUT2D eigenvalue weighted by molar-refractivity contribution is 0.0992. The third kappa shape index (κ3) is 3.55. The summed E-state index contributed by atoms with van der Waals surface area (Å²) in [5, 5.41) is 1.76. The number of carbonyl (C=O) groups is 1. The molecule has 0 bridgehead atoms. The first-order valence-corrected chi connectivity index (χ1v) is 10.8. The van der Waals surface area contributed by atoms with Crippen molar-refractivity contribution in [2.45, 2.75) is 11.7 Å². The summed E-state index contributed by atoms with van der Waals surface area (Å²) in [6.45, 7) is 0.281. The van der Waals surface area contributed by atoms with Gasteiger partial charge in [0.05, 0.1) is 40.1 Å². The van der Waals surface area contributed by atoms with Crippen molar-refractivity contribution >= 4 is 58.2 Å². The molecule has 0 unspecified atom stereocenters. The van der Waals surface area contributed by atoms with Crippen molar-refractivity contribution < 1.29 is 9.53 Å². The molecule has 5 nitrogen and oxygen atoms in total. The van der Waals surface area contributed by atoms with E-state index in [2.05, 4.69) is 9.97 Å². The number of methoxy groups -OCH3 is 1. The minimum Gasteiger partial charge on any atom is -0.495 e. The van der Waals surface area contributed by atoms with Gasteiger partial charge in [0.2, 0.25) is 0 Å². The molecule has 0 spiro atoms. The Morgan fingerprint density at radius 2 is 1.76 bits per heavy atom. The predicted molar refractivity (Wildman–Crippen MR) is 118 cm³/mol. The molecule has 1 amide bonds. The van der Waals surface area contributed by atoms with Crippen molar-refractivity contribution in [1.29, 1.82) is 0 Å². The zero-order valence-corrected chi connectivity index (χ0v) is 18.5. The molecule has 4 rings (SSSR count). The highest BCUT2D eigenvalue weighted by atomic mass is 35.5. The van der Waals surface area contributed by atoms with Gasteiger partial charge in [0.25, 0.3) is 5.91 Å². The minimum atomic E-state index is -0.232. The van der Waals surface area contributed by atoms with Crippen LogP contribution in [0.5, 0.6) is 5.75 Å². The number of halogens is 3. The van der Waals surface area contributed by atoms with Crippen LogP contribution in [0.25, 0.3) is 11.3 Å². The third-order valence-electron chi connectivity index (χ3n) is 4.57. The van der Waals surface area contributed by atoms with Crippen LogP contribution in [0.4, 0.5) is 5.69 Å². The Kier molecular flexibility index (Phi) is 5.62. The number of thioether (sulfide) groups is 1. The molecule has 0 radical (unpaired) electrons. The monoisotopic (exact) mass is 465 g/mol. The molecule has 0 fully saturated rings. The Morgan fingerprint density at radius 3 is 2.45 bits per heavy atom. The molecule has 29 heavy (non-hydrogen) atoms. The molecule has 0 atom stereocenters. The molecule has 1 aliphatic heterocycles. The first kappa shape index (κ1) is 20.3. The first-order chi connectivity index (χ1) is 13.9. The number of hydrogen-bond donors (Lipinski definition) is 0. The van der Waals surface area contributed by atoms with Gasteiger partial charge < -0.3 is 9.64 Å². The second kappa shape index (κ2) is 8.03. The van der Waals surface area contributed by atoms with Gasteiger partial charge in [-0.2, -0.15) is 0 Å². The molecule has 9 heteroatoms. The molecule has 148 valence electrons. The molecular weight excluding hydrogens is 453 g/mol. The van der Waals surface area contributed by atoms with Crippen LogP contribution in [0.1, 0.15) is 16.1 Å². The molecule has 0 saturated carbocycles. The van der Waals surface area contributed by atoms with Crippen molar-refractivity contribution in [3.05, 3.63) is 62.7 Å². The Labute approximate surface area is 187 Å². The largest absolute Gasteiger partial charge is 0.495 e. The van der Waals surface area contributed by atoms with Gasteiger partial charge in [0, 0.05) is 11.1 Å². The van der Waals surface area contributed by atoms with Crippen molar-refractivity contribution in [1.82, 2.24) is 9.97 Å². The van der Waals surface area contributed by atoms with Crippen LogP contribution >= 0.6 is 46.6 Å². The van der Waals surface area contributed by atoms with Gasteiger partial charge in [-0.25, -0.2) is 9.97 Å². The highest BCUT2D eigenvalue weighted by Gasteiger charge is 2.35. The van der Waals surface area contributed by atoms with E-state index in [9.17, 15) is 4.79 Å². The van der Waals surface area contributed by atoms with Crippen LogP contribution in [0.2, 0.25) is 15.1 Å². The maximum absolute atomic E-state index is 13.2. The quantitative estimate of drug-likeness (QED) is 0.349. The van der Waals surface area contributed by atoms with Crippen LogP contribution in [0.3, 0.4) is 0 Å². The van der Waals surface area contributed by atoms with E-state index in [1.807, 2.05) is 18.4 Å². The molecule has 2 heterocycles. The maximum Gasteiger partial charge on any atom is 0.277 e. The van der Waals surface area contributed by atoms with E-state index in [4.69, 9.17) is 39.5 Å². The lowest BCUT2D eigenvalue weighted by Gasteiger charge is -2.17. The number of amides is 1. The van der Waals surface area contributed by atoms with E-state index in [0.29, 0.717) is 54.2 Å². The van der Waals surface area contributed by atoms with E-state index in [-0.39, 0.29) is 12.5 Å². The fraction of sp³-hybridized carbons (Fsp3) is 0.150. The van der Waals surface area contributed by atoms with Gasteiger partial charge in [0.1, 0.15) is 11.4 Å². The minimum absolute atomic E-state index is 0.232. The van der Waals surface area contributed by atoms with E-state index in [1.54, 1.807) is 29.2 Å². The summed E-state index contributed by atoms with van der Waals surface area (Å²) in [6, 6.07) is 10.5. The first-order valence-electron chi connectivity index (χ1n) is 8.49. The molecule has 0 saturated heterocycles. The standard InChI is InChI=1S/C20H14Cl3N3O2S/c1-28-16-7-10(13(22)8-14(16)23)17-11-9-26(15-6-4-3-5-12(15)21)19(27)18(11)25-20(24-17)29-2/h3-8H,9H2,1-2H3. The number of rotatable bonds is 4. The molecule has 1 aliphatic rings. The number of benzene rings is 2. The highest BCUT2D eigenvalue weighted by Crippen LogP contribution is 2.41. The zero-order valence-electron chi connectivity index (χ0n) is 15.4. The SMILES string of the molecule is COc1cc(-c2nc(SC)nc3c2CN(c2ccccc2Cl)C3=O)c(Cl)cc1Cl. The van der Waals surface area contributed by atoms with Gasteiger partial charge in [-0.15, -0.1) is 0 Å². The summed E-state index contributed by atoms with van der Waals surface area (Å²) in [5.41, 5.74) is 2.83. The summed E-state index contributed by atoms with van der Waals surface area (Å²) in [7, 11) is 1.53. The number of anilines is 1. The van der Waals surface area contributed by atoms with Crippen LogP contribution in [-0.4, -0.2) is 29.2 Å². The Morgan fingerprint density at radius 1 is 1.03 bits per heavy atom. The number of hydrogen-bond acceptors (Lipinski definition) is 5. The maximum atomic E-state index is 13.2. The normalized spacial score (nSPS) is 13.0. The van der Waals surface area contributed by atoms with E-state index < -0.39 is 0 Å².